The maximum absolute atomic E-state index is 13.8. The maximum atomic E-state index is 13.8. The highest BCUT2D eigenvalue weighted by molar-refractivity contribution is 5.96. The first kappa shape index (κ1) is 18.1. The average molecular weight is 363 g/mol. The number of morpholine rings is 1. The smallest absolute Gasteiger partial charge is 0.334 e. The van der Waals surface area contributed by atoms with Gasteiger partial charge in [-0.25, -0.2) is 14.0 Å². The van der Waals surface area contributed by atoms with Crippen LogP contribution >= 0.6 is 0 Å². The van der Waals surface area contributed by atoms with E-state index in [0.717, 1.165) is 0 Å². The molecule has 7 nitrogen and oxygen atoms in total. The molecule has 0 aromatic heterocycles. The molecule has 1 aromatic carbocycles. The number of carbonyl (C=O) groups is 2. The number of benzene rings is 1. The van der Waals surface area contributed by atoms with E-state index in [2.05, 4.69) is 5.32 Å². The zero-order valence-corrected chi connectivity index (χ0v) is 13.8. The van der Waals surface area contributed by atoms with E-state index >= 15 is 0 Å². The fourth-order valence-corrected chi connectivity index (χ4v) is 3.14. The fourth-order valence-electron chi connectivity index (χ4n) is 3.14. The molecule has 0 amide bonds. The minimum atomic E-state index is -1.47. The van der Waals surface area contributed by atoms with Crippen molar-refractivity contribution >= 4 is 18.0 Å². The molecule has 1 fully saturated rings. The van der Waals surface area contributed by atoms with Crippen LogP contribution in [-0.2, 0) is 20.7 Å². The summed E-state index contributed by atoms with van der Waals surface area (Å²) in [5.41, 5.74) is -0.764. The van der Waals surface area contributed by atoms with Gasteiger partial charge in [0.15, 0.2) is 0 Å². The third kappa shape index (κ3) is 3.47. The van der Waals surface area contributed by atoms with E-state index in [1.165, 1.54) is 12.1 Å². The highest BCUT2D eigenvalue weighted by atomic mass is 19.1. The lowest BCUT2D eigenvalue weighted by atomic mass is 9.92. The fraction of sp³-hybridized carbons (Fsp3) is 0.333. The van der Waals surface area contributed by atoms with Gasteiger partial charge in [-0.1, -0.05) is 12.2 Å². The number of halogens is 1. The van der Waals surface area contributed by atoms with Gasteiger partial charge in [0.25, 0.3) is 0 Å². The molecular formula is C18H18FNO6. The van der Waals surface area contributed by atoms with Crippen molar-refractivity contribution in [3.63, 3.8) is 0 Å². The number of allylic oxidation sites excluding steroid dienone is 1. The Kier molecular flexibility index (Phi) is 5.06. The van der Waals surface area contributed by atoms with Gasteiger partial charge in [-0.2, -0.15) is 0 Å². The predicted molar refractivity (Wildman–Crippen MR) is 89.5 cm³/mol. The number of nitrogens with one attached hydrogen (secondary N) is 1. The SMILES string of the molecule is O=C(O)/C=C(\C(=O)O)C1(COc2ccc(F)c3c2C=CC3)CNCCO1. The van der Waals surface area contributed by atoms with Crippen molar-refractivity contribution in [1.29, 1.82) is 0 Å². The first-order chi connectivity index (χ1) is 12.4. The topological polar surface area (TPSA) is 105 Å². The molecule has 2 aliphatic rings. The molecule has 138 valence electrons. The Hall–Kier alpha value is -2.71. The molecule has 26 heavy (non-hydrogen) atoms. The molecule has 0 radical (unpaired) electrons. The summed E-state index contributed by atoms with van der Waals surface area (Å²) in [5, 5.41) is 21.5. The number of rotatable bonds is 6. The van der Waals surface area contributed by atoms with E-state index in [4.69, 9.17) is 14.6 Å². The molecule has 8 heteroatoms. The van der Waals surface area contributed by atoms with Gasteiger partial charge >= 0.3 is 11.9 Å². The summed E-state index contributed by atoms with van der Waals surface area (Å²) in [7, 11) is 0. The van der Waals surface area contributed by atoms with E-state index in [-0.39, 0.29) is 25.6 Å². The van der Waals surface area contributed by atoms with Gasteiger partial charge in [-0.3, -0.25) is 0 Å². The second-order valence-corrected chi connectivity index (χ2v) is 6.05. The van der Waals surface area contributed by atoms with Crippen LogP contribution in [0, 0.1) is 5.82 Å². The summed E-state index contributed by atoms with van der Waals surface area (Å²) >= 11 is 0. The van der Waals surface area contributed by atoms with Crippen molar-refractivity contribution in [2.75, 3.05) is 26.3 Å². The van der Waals surface area contributed by atoms with Gasteiger partial charge in [-0.05, 0) is 18.6 Å². The van der Waals surface area contributed by atoms with Gasteiger partial charge in [0.05, 0.1) is 12.2 Å². The second-order valence-electron chi connectivity index (χ2n) is 6.05. The molecule has 1 aliphatic heterocycles. The Morgan fingerprint density at radius 3 is 2.85 bits per heavy atom. The maximum Gasteiger partial charge on any atom is 0.334 e. The highest BCUT2D eigenvalue weighted by Crippen LogP contribution is 2.33. The van der Waals surface area contributed by atoms with Gasteiger partial charge in [0.1, 0.15) is 23.8 Å². The van der Waals surface area contributed by atoms with E-state index in [1.807, 2.05) is 6.08 Å². The number of ether oxygens (including phenoxy) is 2. The van der Waals surface area contributed by atoms with Crippen LogP contribution in [0.5, 0.6) is 5.75 Å². The van der Waals surface area contributed by atoms with Crippen molar-refractivity contribution in [2.45, 2.75) is 12.0 Å². The van der Waals surface area contributed by atoms with Crippen LogP contribution in [0.2, 0.25) is 0 Å². The Morgan fingerprint density at radius 1 is 1.38 bits per heavy atom. The highest BCUT2D eigenvalue weighted by Gasteiger charge is 2.42. The molecule has 3 rings (SSSR count). The minimum Gasteiger partial charge on any atom is -0.490 e. The zero-order chi connectivity index (χ0) is 18.7. The summed E-state index contributed by atoms with van der Waals surface area (Å²) in [6, 6.07) is 2.76. The lowest BCUT2D eigenvalue weighted by Crippen LogP contribution is -2.56. The Balaban J connectivity index is 1.91. The van der Waals surface area contributed by atoms with Crippen LogP contribution in [0.4, 0.5) is 4.39 Å². The summed E-state index contributed by atoms with van der Waals surface area (Å²) in [6.45, 7) is 0.570. The first-order valence-electron chi connectivity index (χ1n) is 8.07. The normalized spacial score (nSPS) is 22.1. The van der Waals surface area contributed by atoms with Crippen LogP contribution in [0.1, 0.15) is 11.1 Å². The van der Waals surface area contributed by atoms with E-state index in [9.17, 15) is 19.1 Å². The van der Waals surface area contributed by atoms with Crippen LogP contribution in [0.3, 0.4) is 0 Å². The van der Waals surface area contributed by atoms with E-state index in [0.29, 0.717) is 35.9 Å². The Morgan fingerprint density at radius 2 is 2.19 bits per heavy atom. The average Bonchev–Trinajstić information content (AvgIpc) is 3.10. The molecule has 0 saturated carbocycles. The van der Waals surface area contributed by atoms with Gasteiger partial charge in [-0.15, -0.1) is 0 Å². The van der Waals surface area contributed by atoms with Crippen molar-refractivity contribution in [3.8, 4) is 5.75 Å². The zero-order valence-electron chi connectivity index (χ0n) is 13.8. The standard InChI is InChI=1S/C18H18FNO6/c19-14-4-5-15(12-3-1-2-11(12)14)25-10-18(9-20-6-7-26-18)13(17(23)24)8-16(21)22/h1,3-5,8,20H,2,6-7,9-10H2,(H,21,22)(H,23,24)/b13-8+. The molecule has 1 aromatic rings. The Labute approximate surface area is 148 Å². The van der Waals surface area contributed by atoms with Crippen molar-refractivity contribution < 1.29 is 33.7 Å². The Bertz CT molecular complexity index is 795. The second kappa shape index (κ2) is 7.27. The number of carboxylic acid groups (broad SMARTS) is 2. The third-order valence-electron chi connectivity index (χ3n) is 4.38. The van der Waals surface area contributed by atoms with Crippen LogP contribution in [0.15, 0.2) is 29.9 Å². The molecule has 1 atom stereocenters. The number of aliphatic carboxylic acids is 2. The van der Waals surface area contributed by atoms with Gasteiger partial charge in [0.2, 0.25) is 0 Å². The number of carboxylic acids is 2. The largest absolute Gasteiger partial charge is 0.490 e. The monoisotopic (exact) mass is 363 g/mol. The third-order valence-corrected chi connectivity index (χ3v) is 4.38. The number of hydrogen-bond acceptors (Lipinski definition) is 5. The quantitative estimate of drug-likeness (QED) is 0.653. The van der Waals surface area contributed by atoms with Gasteiger partial charge < -0.3 is 25.0 Å². The summed E-state index contributed by atoms with van der Waals surface area (Å²) in [4.78, 5) is 22.7. The van der Waals surface area contributed by atoms with Crippen LogP contribution < -0.4 is 10.1 Å². The van der Waals surface area contributed by atoms with E-state index < -0.39 is 23.1 Å². The lowest BCUT2D eigenvalue weighted by Gasteiger charge is -2.37. The lowest BCUT2D eigenvalue weighted by molar-refractivity contribution is -0.140. The number of fused-ring (bicyclic) bond motifs is 1. The first-order valence-corrected chi connectivity index (χ1v) is 8.07. The molecular weight excluding hydrogens is 345 g/mol. The van der Waals surface area contributed by atoms with E-state index in [1.54, 1.807) is 6.08 Å². The van der Waals surface area contributed by atoms with Crippen LogP contribution in [-0.4, -0.2) is 54.1 Å². The van der Waals surface area contributed by atoms with Crippen LogP contribution in [0.25, 0.3) is 6.08 Å². The summed E-state index contributed by atoms with van der Waals surface area (Å²) < 4.78 is 25.3. The molecule has 1 heterocycles. The summed E-state index contributed by atoms with van der Waals surface area (Å²) in [6.07, 6.45) is 4.63. The van der Waals surface area contributed by atoms with Crippen molar-refractivity contribution in [1.82, 2.24) is 5.32 Å². The van der Waals surface area contributed by atoms with Crippen molar-refractivity contribution in [3.05, 3.63) is 46.8 Å². The molecule has 1 saturated heterocycles. The summed E-state index contributed by atoms with van der Waals surface area (Å²) in [5.74, 6) is -2.73. The molecule has 1 aliphatic carbocycles. The molecule has 0 spiro atoms. The number of hydrogen-bond donors (Lipinski definition) is 3. The van der Waals surface area contributed by atoms with Gasteiger partial charge in [0, 0.05) is 30.3 Å². The molecule has 3 N–H and O–H groups in total. The van der Waals surface area contributed by atoms with Crippen molar-refractivity contribution in [2.24, 2.45) is 0 Å². The minimum absolute atomic E-state index is 0.0810. The predicted octanol–water partition coefficient (Wildman–Crippen LogP) is 1.23. The molecule has 1 unspecified atom stereocenters. The molecule has 0 bridgehead atoms.